The maximum absolute atomic E-state index is 13.3. The molecule has 0 saturated heterocycles. The Kier molecular flexibility index (Phi) is 6.21. The van der Waals surface area contributed by atoms with Gasteiger partial charge < -0.3 is 10.5 Å². The summed E-state index contributed by atoms with van der Waals surface area (Å²) in [5, 5.41) is 0.489. The van der Waals surface area contributed by atoms with Crippen LogP contribution in [0.2, 0.25) is 0 Å². The summed E-state index contributed by atoms with van der Waals surface area (Å²) < 4.78 is 33.6. The zero-order chi connectivity index (χ0) is 21.9. The molecular formula is C21H24N4O4S. The summed E-state index contributed by atoms with van der Waals surface area (Å²) >= 11 is 0. The molecule has 8 nitrogen and oxygen atoms in total. The Morgan fingerprint density at radius 1 is 1.23 bits per heavy atom. The number of allylic oxidation sites excluding steroid dienone is 1. The molecule has 0 radical (unpaired) electrons. The fraction of sp³-hybridized carbons (Fsp3) is 0.286. The van der Waals surface area contributed by atoms with Crippen molar-refractivity contribution >= 4 is 27.0 Å². The van der Waals surface area contributed by atoms with Gasteiger partial charge in [0.25, 0.3) is 10.0 Å². The van der Waals surface area contributed by atoms with E-state index in [0.717, 1.165) is 9.54 Å². The van der Waals surface area contributed by atoms with Gasteiger partial charge in [0, 0.05) is 6.20 Å². The van der Waals surface area contributed by atoms with Crippen molar-refractivity contribution in [3.05, 3.63) is 60.1 Å². The standard InChI is InChI=1S/C21H24N4O4S/c1-14(2)12-29-21-19-16(5-4-6-18(22)26)11-25(20(19)23-13-24-21)30(27,28)17-9-7-15(3)8-10-17/h4,6-11,13-14H,5,12H2,1-3H3,(H2,22,26). The van der Waals surface area contributed by atoms with Crippen molar-refractivity contribution in [1.29, 1.82) is 0 Å². The molecule has 0 aliphatic heterocycles. The summed E-state index contributed by atoms with van der Waals surface area (Å²) in [6.45, 7) is 6.30. The molecular weight excluding hydrogens is 404 g/mol. The third-order valence-electron chi connectivity index (χ3n) is 4.35. The molecule has 0 bridgehead atoms. The van der Waals surface area contributed by atoms with Gasteiger partial charge in [-0.3, -0.25) is 4.79 Å². The molecule has 1 aromatic carbocycles. The SMILES string of the molecule is Cc1ccc(S(=O)(=O)n2cc(CC=CC(N)=O)c3c(OCC(C)C)ncnc32)cc1. The van der Waals surface area contributed by atoms with E-state index in [4.69, 9.17) is 10.5 Å². The van der Waals surface area contributed by atoms with E-state index in [1.807, 2.05) is 20.8 Å². The number of carbonyl (C=O) groups excluding carboxylic acids is 1. The first-order valence-electron chi connectivity index (χ1n) is 9.46. The van der Waals surface area contributed by atoms with Crippen LogP contribution in [0.4, 0.5) is 0 Å². The van der Waals surface area contributed by atoms with E-state index in [-0.39, 0.29) is 22.9 Å². The molecule has 3 rings (SSSR count). The molecule has 0 spiro atoms. The van der Waals surface area contributed by atoms with Gasteiger partial charge in [0.15, 0.2) is 5.65 Å². The Bertz CT molecular complexity index is 1200. The van der Waals surface area contributed by atoms with Crippen molar-refractivity contribution in [2.45, 2.75) is 32.1 Å². The lowest BCUT2D eigenvalue weighted by atomic mass is 10.1. The zero-order valence-electron chi connectivity index (χ0n) is 17.1. The van der Waals surface area contributed by atoms with E-state index in [9.17, 15) is 13.2 Å². The van der Waals surface area contributed by atoms with Gasteiger partial charge in [-0.1, -0.05) is 37.6 Å². The smallest absolute Gasteiger partial charge is 0.269 e. The first-order valence-corrected chi connectivity index (χ1v) is 10.9. The number of hydrogen-bond acceptors (Lipinski definition) is 6. The highest BCUT2D eigenvalue weighted by Gasteiger charge is 2.24. The number of aromatic nitrogens is 3. The number of amides is 1. The quantitative estimate of drug-likeness (QED) is 0.551. The van der Waals surface area contributed by atoms with E-state index < -0.39 is 15.9 Å². The minimum atomic E-state index is -3.90. The Balaban J connectivity index is 2.18. The molecule has 0 aliphatic carbocycles. The average Bonchev–Trinajstić information content (AvgIpc) is 3.06. The van der Waals surface area contributed by atoms with E-state index in [1.165, 1.54) is 18.6 Å². The molecule has 2 N–H and O–H groups in total. The van der Waals surface area contributed by atoms with Crippen molar-refractivity contribution in [1.82, 2.24) is 13.9 Å². The number of rotatable bonds is 8. The molecule has 2 heterocycles. The molecule has 0 unspecified atom stereocenters. The molecule has 1 amide bonds. The number of fused-ring (bicyclic) bond motifs is 1. The average molecular weight is 429 g/mol. The lowest BCUT2D eigenvalue weighted by molar-refractivity contribution is -0.113. The molecule has 0 aliphatic rings. The predicted molar refractivity (Wildman–Crippen MR) is 114 cm³/mol. The number of hydrogen-bond donors (Lipinski definition) is 1. The fourth-order valence-electron chi connectivity index (χ4n) is 2.89. The Morgan fingerprint density at radius 2 is 1.93 bits per heavy atom. The van der Waals surface area contributed by atoms with Gasteiger partial charge in [-0.05, 0) is 43.0 Å². The Labute approximate surface area is 175 Å². The number of nitrogens with two attached hydrogens (primary N) is 1. The van der Waals surface area contributed by atoms with Crippen LogP contribution < -0.4 is 10.5 Å². The van der Waals surface area contributed by atoms with Crippen molar-refractivity contribution < 1.29 is 17.9 Å². The van der Waals surface area contributed by atoms with Crippen LogP contribution in [0.5, 0.6) is 5.88 Å². The second kappa shape index (κ2) is 8.66. The van der Waals surface area contributed by atoms with Gasteiger partial charge in [-0.25, -0.2) is 22.4 Å². The van der Waals surface area contributed by atoms with Crippen LogP contribution in [0.3, 0.4) is 0 Å². The molecule has 0 fully saturated rings. The normalized spacial score (nSPS) is 12.1. The number of carbonyl (C=O) groups is 1. The third kappa shape index (κ3) is 4.51. The second-order valence-electron chi connectivity index (χ2n) is 7.36. The molecule has 0 saturated carbocycles. The summed E-state index contributed by atoms with van der Waals surface area (Å²) in [5.41, 5.74) is 6.94. The van der Waals surface area contributed by atoms with Crippen molar-refractivity contribution in [3.63, 3.8) is 0 Å². The van der Waals surface area contributed by atoms with Crippen LogP contribution >= 0.6 is 0 Å². The van der Waals surface area contributed by atoms with Crippen LogP contribution in [-0.2, 0) is 21.2 Å². The van der Waals surface area contributed by atoms with Gasteiger partial charge in [-0.15, -0.1) is 0 Å². The first kappa shape index (κ1) is 21.5. The predicted octanol–water partition coefficient (Wildman–Crippen LogP) is 2.60. The van der Waals surface area contributed by atoms with Crippen molar-refractivity contribution in [3.8, 4) is 5.88 Å². The van der Waals surface area contributed by atoms with E-state index in [1.54, 1.807) is 30.3 Å². The maximum atomic E-state index is 13.3. The van der Waals surface area contributed by atoms with Gasteiger partial charge in [0.05, 0.1) is 16.9 Å². The third-order valence-corrected chi connectivity index (χ3v) is 6.01. The van der Waals surface area contributed by atoms with Gasteiger partial charge >= 0.3 is 0 Å². The van der Waals surface area contributed by atoms with Crippen LogP contribution in [0.25, 0.3) is 11.0 Å². The number of primary amides is 1. The largest absolute Gasteiger partial charge is 0.477 e. The van der Waals surface area contributed by atoms with Crippen LogP contribution in [0.1, 0.15) is 25.0 Å². The summed E-state index contributed by atoms with van der Waals surface area (Å²) in [5.74, 6) is -0.0285. The minimum absolute atomic E-state index is 0.146. The molecule has 0 atom stereocenters. The fourth-order valence-corrected chi connectivity index (χ4v) is 4.23. The number of aryl methyl sites for hydroxylation is 1. The Morgan fingerprint density at radius 3 is 2.57 bits per heavy atom. The Hall–Kier alpha value is -3.20. The van der Waals surface area contributed by atoms with Crippen LogP contribution in [0.15, 0.2) is 53.8 Å². The summed E-state index contributed by atoms with van der Waals surface area (Å²) in [4.78, 5) is 19.6. The summed E-state index contributed by atoms with van der Waals surface area (Å²) in [7, 11) is -3.90. The first-order chi connectivity index (χ1) is 14.2. The van der Waals surface area contributed by atoms with Crippen LogP contribution in [0, 0.1) is 12.8 Å². The topological polar surface area (TPSA) is 117 Å². The summed E-state index contributed by atoms with van der Waals surface area (Å²) in [6.07, 6.45) is 5.83. The van der Waals surface area contributed by atoms with Crippen molar-refractivity contribution in [2.75, 3.05) is 6.61 Å². The summed E-state index contributed by atoms with van der Waals surface area (Å²) in [6, 6.07) is 6.59. The number of benzene rings is 1. The van der Waals surface area contributed by atoms with Crippen molar-refractivity contribution in [2.24, 2.45) is 11.7 Å². The van der Waals surface area contributed by atoms with E-state index >= 15 is 0 Å². The molecule has 9 heteroatoms. The van der Waals surface area contributed by atoms with E-state index in [2.05, 4.69) is 9.97 Å². The van der Waals surface area contributed by atoms with E-state index in [0.29, 0.717) is 23.4 Å². The second-order valence-corrected chi connectivity index (χ2v) is 9.17. The van der Waals surface area contributed by atoms with Gasteiger partial charge in [0.2, 0.25) is 11.8 Å². The molecule has 158 valence electrons. The lowest BCUT2D eigenvalue weighted by Gasteiger charge is -2.10. The molecule has 3 aromatic rings. The maximum Gasteiger partial charge on any atom is 0.269 e. The zero-order valence-corrected chi connectivity index (χ0v) is 17.9. The van der Waals surface area contributed by atoms with Gasteiger partial charge in [-0.2, -0.15) is 0 Å². The number of ether oxygens (including phenoxy) is 1. The monoisotopic (exact) mass is 428 g/mol. The highest BCUT2D eigenvalue weighted by atomic mass is 32.2. The highest BCUT2D eigenvalue weighted by Crippen LogP contribution is 2.31. The van der Waals surface area contributed by atoms with Gasteiger partial charge in [0.1, 0.15) is 6.33 Å². The number of nitrogens with zero attached hydrogens (tertiary/aromatic N) is 3. The molecule has 30 heavy (non-hydrogen) atoms. The van der Waals surface area contributed by atoms with Crippen LogP contribution in [-0.4, -0.2) is 34.9 Å². The molecule has 2 aromatic heterocycles. The highest BCUT2D eigenvalue weighted by molar-refractivity contribution is 7.90. The lowest BCUT2D eigenvalue weighted by Crippen LogP contribution is -2.13. The minimum Gasteiger partial charge on any atom is -0.477 e.